The number of rotatable bonds is 4. The minimum absolute atomic E-state index is 0.0152. The van der Waals surface area contributed by atoms with Crippen LogP contribution in [-0.4, -0.2) is 9.55 Å². The Morgan fingerprint density at radius 1 is 1.32 bits per heavy atom. The Balaban J connectivity index is 2.62. The average molecular weight is 324 g/mol. The highest BCUT2D eigenvalue weighted by Crippen LogP contribution is 2.29. The minimum atomic E-state index is -0.0152. The third kappa shape index (κ3) is 2.70. The van der Waals surface area contributed by atoms with Crippen LogP contribution < -0.4 is 5.73 Å². The molecule has 2 unspecified atom stereocenters. The first-order chi connectivity index (χ1) is 8.95. The number of imidazole rings is 1. The molecule has 0 fully saturated rings. The van der Waals surface area contributed by atoms with E-state index in [-0.39, 0.29) is 6.04 Å². The zero-order chi connectivity index (χ0) is 14.2. The Morgan fingerprint density at radius 3 is 2.58 bits per heavy atom. The van der Waals surface area contributed by atoms with Crippen LogP contribution in [0.2, 0.25) is 0 Å². The van der Waals surface area contributed by atoms with Gasteiger partial charge in [-0.1, -0.05) is 36.2 Å². The summed E-state index contributed by atoms with van der Waals surface area (Å²) < 4.78 is 3.32. The molecule has 0 saturated carbocycles. The van der Waals surface area contributed by atoms with E-state index in [1.54, 1.807) is 0 Å². The van der Waals surface area contributed by atoms with Crippen molar-refractivity contribution >= 4 is 27.0 Å². The van der Waals surface area contributed by atoms with E-state index < -0.39 is 0 Å². The molecule has 3 nitrogen and oxygen atoms in total. The van der Waals surface area contributed by atoms with Gasteiger partial charge in [0.1, 0.15) is 5.82 Å². The van der Waals surface area contributed by atoms with Crippen LogP contribution in [0.3, 0.4) is 0 Å². The van der Waals surface area contributed by atoms with Gasteiger partial charge < -0.3 is 10.3 Å². The molecule has 104 valence electrons. The summed E-state index contributed by atoms with van der Waals surface area (Å²) in [5.74, 6) is 1.43. The van der Waals surface area contributed by atoms with Gasteiger partial charge in [0.15, 0.2) is 0 Å². The smallest absolute Gasteiger partial charge is 0.127 e. The van der Waals surface area contributed by atoms with E-state index in [1.165, 1.54) is 0 Å². The van der Waals surface area contributed by atoms with E-state index in [1.807, 2.05) is 0 Å². The number of nitrogens with two attached hydrogens (primary N) is 1. The molecular weight excluding hydrogens is 302 g/mol. The summed E-state index contributed by atoms with van der Waals surface area (Å²) in [6, 6.07) is 6.57. The van der Waals surface area contributed by atoms with Gasteiger partial charge in [-0.2, -0.15) is 0 Å². The van der Waals surface area contributed by atoms with Gasteiger partial charge in [0, 0.05) is 10.5 Å². The van der Waals surface area contributed by atoms with Crippen molar-refractivity contribution in [2.24, 2.45) is 11.7 Å². The molecule has 1 aromatic heterocycles. The third-order valence-corrected chi connectivity index (χ3v) is 4.24. The Morgan fingerprint density at radius 2 is 2.00 bits per heavy atom. The fourth-order valence-electron chi connectivity index (χ4n) is 2.38. The molecule has 0 aliphatic carbocycles. The molecule has 0 aliphatic heterocycles. The molecule has 2 rings (SSSR count). The van der Waals surface area contributed by atoms with E-state index in [4.69, 9.17) is 10.7 Å². The van der Waals surface area contributed by atoms with Gasteiger partial charge in [-0.05, 0) is 38.0 Å². The molecule has 19 heavy (non-hydrogen) atoms. The summed E-state index contributed by atoms with van der Waals surface area (Å²) >= 11 is 3.50. The molecule has 2 aromatic rings. The number of hydrogen-bond donors (Lipinski definition) is 1. The number of aromatic nitrogens is 2. The second-order valence-electron chi connectivity index (χ2n) is 5.48. The molecule has 0 spiro atoms. The largest absolute Gasteiger partial charge is 0.324 e. The van der Waals surface area contributed by atoms with Crippen molar-refractivity contribution in [1.29, 1.82) is 0 Å². The van der Waals surface area contributed by atoms with Gasteiger partial charge in [0.05, 0.1) is 17.1 Å². The highest BCUT2D eigenvalue weighted by atomic mass is 79.9. The van der Waals surface area contributed by atoms with Crippen LogP contribution in [0.15, 0.2) is 22.7 Å². The zero-order valence-corrected chi connectivity index (χ0v) is 13.6. The maximum Gasteiger partial charge on any atom is 0.127 e. The first-order valence-electron chi connectivity index (χ1n) is 6.88. The second-order valence-corrected chi connectivity index (χ2v) is 6.39. The maximum atomic E-state index is 6.39. The predicted molar refractivity (Wildman–Crippen MR) is 84.2 cm³/mol. The monoisotopic (exact) mass is 323 g/mol. The van der Waals surface area contributed by atoms with E-state index in [0.717, 1.165) is 27.8 Å². The zero-order valence-electron chi connectivity index (χ0n) is 12.0. The molecule has 0 saturated heterocycles. The van der Waals surface area contributed by atoms with Crippen LogP contribution in [0.25, 0.3) is 11.0 Å². The van der Waals surface area contributed by atoms with Crippen LogP contribution >= 0.6 is 15.9 Å². The van der Waals surface area contributed by atoms with Crippen molar-refractivity contribution in [2.45, 2.75) is 46.2 Å². The number of hydrogen-bond acceptors (Lipinski definition) is 2. The lowest BCUT2D eigenvalue weighted by Gasteiger charge is -2.21. The highest BCUT2D eigenvalue weighted by molar-refractivity contribution is 9.10. The van der Waals surface area contributed by atoms with Crippen LogP contribution in [0.4, 0.5) is 0 Å². The molecule has 0 aliphatic rings. The molecule has 0 bridgehead atoms. The van der Waals surface area contributed by atoms with Crippen LogP contribution in [0.1, 0.15) is 52.0 Å². The summed E-state index contributed by atoms with van der Waals surface area (Å²) in [5.41, 5.74) is 8.56. The lowest BCUT2D eigenvalue weighted by atomic mass is 9.99. The normalized spacial score (nSPS) is 15.1. The van der Waals surface area contributed by atoms with Crippen molar-refractivity contribution in [3.05, 3.63) is 28.5 Å². The van der Waals surface area contributed by atoms with Crippen LogP contribution in [0, 0.1) is 5.92 Å². The Hall–Kier alpha value is -0.870. The fraction of sp³-hybridized carbons (Fsp3) is 0.533. The Labute approximate surface area is 123 Å². The lowest BCUT2D eigenvalue weighted by molar-refractivity contribution is 0.415. The van der Waals surface area contributed by atoms with Crippen molar-refractivity contribution in [3.63, 3.8) is 0 Å². The Bertz CT molecular complexity index is 574. The average Bonchev–Trinajstić information content (AvgIpc) is 2.75. The van der Waals surface area contributed by atoms with Crippen LogP contribution in [-0.2, 0) is 0 Å². The molecule has 2 N–H and O–H groups in total. The second kappa shape index (κ2) is 5.63. The molecule has 2 atom stereocenters. The lowest BCUT2D eigenvalue weighted by Crippen LogP contribution is -2.23. The number of halogens is 1. The van der Waals surface area contributed by atoms with Gasteiger partial charge in [0.25, 0.3) is 0 Å². The summed E-state index contributed by atoms with van der Waals surface area (Å²) in [5, 5.41) is 0. The van der Waals surface area contributed by atoms with Crippen molar-refractivity contribution in [1.82, 2.24) is 9.55 Å². The molecule has 1 aromatic carbocycles. The molecule has 0 radical (unpaired) electrons. The fourth-order valence-corrected chi connectivity index (χ4v) is 2.73. The van der Waals surface area contributed by atoms with Gasteiger partial charge in [-0.3, -0.25) is 0 Å². The number of nitrogens with zero attached hydrogens (tertiary/aromatic N) is 2. The molecule has 1 heterocycles. The van der Waals surface area contributed by atoms with E-state index in [0.29, 0.717) is 12.0 Å². The SMILES string of the molecule is CCC(C)C(N)c1nc2cc(Br)ccc2n1C(C)C. The van der Waals surface area contributed by atoms with Gasteiger partial charge in [0.2, 0.25) is 0 Å². The first kappa shape index (κ1) is 14.5. The topological polar surface area (TPSA) is 43.8 Å². The van der Waals surface area contributed by atoms with Crippen molar-refractivity contribution < 1.29 is 0 Å². The summed E-state index contributed by atoms with van der Waals surface area (Å²) in [4.78, 5) is 4.77. The summed E-state index contributed by atoms with van der Waals surface area (Å²) in [6.45, 7) is 8.71. The van der Waals surface area contributed by atoms with Crippen molar-refractivity contribution in [3.8, 4) is 0 Å². The third-order valence-electron chi connectivity index (χ3n) is 3.75. The van der Waals surface area contributed by atoms with Crippen molar-refractivity contribution in [2.75, 3.05) is 0 Å². The van der Waals surface area contributed by atoms with Crippen LogP contribution in [0.5, 0.6) is 0 Å². The van der Waals surface area contributed by atoms with E-state index >= 15 is 0 Å². The number of benzene rings is 1. The highest BCUT2D eigenvalue weighted by Gasteiger charge is 2.22. The maximum absolute atomic E-state index is 6.39. The first-order valence-corrected chi connectivity index (χ1v) is 7.68. The minimum Gasteiger partial charge on any atom is -0.324 e. The quantitative estimate of drug-likeness (QED) is 0.904. The number of fused-ring (bicyclic) bond motifs is 1. The Kier molecular flexibility index (Phi) is 4.31. The predicted octanol–water partition coefficient (Wildman–Crippen LogP) is 4.43. The van der Waals surface area contributed by atoms with E-state index in [2.05, 4.69) is 66.4 Å². The van der Waals surface area contributed by atoms with E-state index in [9.17, 15) is 0 Å². The van der Waals surface area contributed by atoms with Gasteiger partial charge in [-0.25, -0.2) is 4.98 Å². The molecule has 0 amide bonds. The summed E-state index contributed by atoms with van der Waals surface area (Å²) in [6.07, 6.45) is 1.06. The molecule has 4 heteroatoms. The molecular formula is C15H22BrN3. The van der Waals surface area contributed by atoms with Gasteiger partial charge >= 0.3 is 0 Å². The van der Waals surface area contributed by atoms with Gasteiger partial charge in [-0.15, -0.1) is 0 Å². The summed E-state index contributed by atoms with van der Waals surface area (Å²) in [7, 11) is 0. The standard InChI is InChI=1S/C15H22BrN3/c1-5-10(4)14(17)15-18-12-8-11(16)6-7-13(12)19(15)9(2)3/h6-10,14H,5,17H2,1-4H3.